The van der Waals surface area contributed by atoms with Gasteiger partial charge in [-0.15, -0.1) is 11.3 Å². The zero-order valence-electron chi connectivity index (χ0n) is 15.8. The second kappa shape index (κ2) is 8.11. The van der Waals surface area contributed by atoms with E-state index < -0.39 is 0 Å². The van der Waals surface area contributed by atoms with E-state index in [2.05, 4.69) is 43.1 Å². The molecule has 0 amide bonds. The van der Waals surface area contributed by atoms with E-state index in [4.69, 9.17) is 21.3 Å². The van der Waals surface area contributed by atoms with E-state index in [1.807, 2.05) is 24.3 Å². The van der Waals surface area contributed by atoms with Crippen LogP contribution < -0.4 is 4.74 Å². The summed E-state index contributed by atoms with van der Waals surface area (Å²) < 4.78 is 5.26. The van der Waals surface area contributed by atoms with Crippen LogP contribution in [0.15, 0.2) is 53.7 Å². The maximum absolute atomic E-state index is 6.62. The Morgan fingerprint density at radius 2 is 1.79 bits per heavy atom. The van der Waals surface area contributed by atoms with Gasteiger partial charge in [0.25, 0.3) is 0 Å². The maximum atomic E-state index is 6.62. The lowest BCUT2D eigenvalue weighted by molar-refractivity contribution is 0.415. The highest BCUT2D eigenvalue weighted by molar-refractivity contribution is 7.98. The van der Waals surface area contributed by atoms with Gasteiger partial charge in [0, 0.05) is 16.2 Å². The number of fused-ring (bicyclic) bond motifs is 1. The first-order chi connectivity index (χ1) is 13.6. The van der Waals surface area contributed by atoms with Crippen molar-refractivity contribution in [2.24, 2.45) is 0 Å². The fourth-order valence-electron chi connectivity index (χ4n) is 3.14. The van der Waals surface area contributed by atoms with Gasteiger partial charge in [-0.25, -0.2) is 9.97 Å². The summed E-state index contributed by atoms with van der Waals surface area (Å²) in [4.78, 5) is 11.5. The van der Waals surface area contributed by atoms with Crippen molar-refractivity contribution in [3.05, 3.63) is 69.7 Å². The molecule has 142 valence electrons. The molecule has 2 heterocycles. The molecule has 2 aromatic heterocycles. The highest BCUT2D eigenvalue weighted by atomic mass is 35.5. The zero-order valence-corrected chi connectivity index (χ0v) is 18.2. The summed E-state index contributed by atoms with van der Waals surface area (Å²) in [5.41, 5.74) is 4.75. The standard InChI is InChI=1S/C22H19ClN2OS2/c1-13-6-4-5-7-16(13)12-27-22-24-20(23)19-18(14(2)28-21(19)25-22)15-8-10-17(26-3)11-9-15/h4-11H,12H2,1-3H3. The Balaban J connectivity index is 1.69. The number of rotatable bonds is 5. The molecule has 0 radical (unpaired) electrons. The molecule has 0 unspecified atom stereocenters. The number of aryl methyl sites for hydroxylation is 2. The normalized spacial score (nSPS) is 11.1. The van der Waals surface area contributed by atoms with E-state index in [0.29, 0.717) is 10.3 Å². The topological polar surface area (TPSA) is 35.0 Å². The van der Waals surface area contributed by atoms with E-state index in [-0.39, 0.29) is 0 Å². The van der Waals surface area contributed by atoms with Crippen molar-refractivity contribution in [1.82, 2.24) is 9.97 Å². The number of hydrogen-bond donors (Lipinski definition) is 0. The van der Waals surface area contributed by atoms with Crippen LogP contribution in [0.5, 0.6) is 5.75 Å². The van der Waals surface area contributed by atoms with Gasteiger partial charge in [0.05, 0.1) is 12.5 Å². The van der Waals surface area contributed by atoms with Crippen molar-refractivity contribution in [3.63, 3.8) is 0 Å². The third-order valence-electron chi connectivity index (χ3n) is 4.66. The molecule has 0 saturated carbocycles. The molecule has 0 spiro atoms. The number of halogens is 1. The quantitative estimate of drug-likeness (QED) is 0.197. The minimum Gasteiger partial charge on any atom is -0.497 e. The van der Waals surface area contributed by atoms with Crippen LogP contribution in [-0.2, 0) is 5.75 Å². The maximum Gasteiger partial charge on any atom is 0.190 e. The molecule has 0 N–H and O–H groups in total. The number of benzene rings is 2. The molecule has 0 aliphatic carbocycles. The van der Waals surface area contributed by atoms with Gasteiger partial charge in [-0.1, -0.05) is 59.8 Å². The van der Waals surface area contributed by atoms with Gasteiger partial charge in [0.2, 0.25) is 0 Å². The first-order valence-corrected chi connectivity index (χ1v) is 11.0. The number of methoxy groups -OCH3 is 1. The van der Waals surface area contributed by atoms with Crippen LogP contribution in [0, 0.1) is 13.8 Å². The number of ether oxygens (including phenoxy) is 1. The van der Waals surface area contributed by atoms with Gasteiger partial charge < -0.3 is 4.74 Å². The molecule has 0 aliphatic rings. The summed E-state index contributed by atoms with van der Waals surface area (Å²) >= 11 is 9.89. The predicted molar refractivity (Wildman–Crippen MR) is 120 cm³/mol. The summed E-state index contributed by atoms with van der Waals surface area (Å²) in [6.45, 7) is 4.22. The van der Waals surface area contributed by atoms with Crippen LogP contribution in [0.2, 0.25) is 5.15 Å². The van der Waals surface area contributed by atoms with Crippen molar-refractivity contribution in [3.8, 4) is 16.9 Å². The van der Waals surface area contributed by atoms with Crippen molar-refractivity contribution >= 4 is 44.9 Å². The molecule has 3 nitrogen and oxygen atoms in total. The average molecular weight is 427 g/mol. The number of thioether (sulfide) groups is 1. The van der Waals surface area contributed by atoms with Gasteiger partial charge >= 0.3 is 0 Å². The smallest absolute Gasteiger partial charge is 0.190 e. The van der Waals surface area contributed by atoms with Gasteiger partial charge in [-0.3, -0.25) is 0 Å². The Bertz CT molecular complexity index is 1140. The minimum atomic E-state index is 0.507. The van der Waals surface area contributed by atoms with Gasteiger partial charge in [-0.2, -0.15) is 0 Å². The minimum absolute atomic E-state index is 0.507. The molecule has 28 heavy (non-hydrogen) atoms. The number of nitrogens with zero attached hydrogens (tertiary/aromatic N) is 2. The largest absolute Gasteiger partial charge is 0.497 e. The highest BCUT2D eigenvalue weighted by Crippen LogP contribution is 2.41. The number of aromatic nitrogens is 2. The van der Waals surface area contributed by atoms with E-state index in [1.54, 1.807) is 30.2 Å². The summed E-state index contributed by atoms with van der Waals surface area (Å²) in [6, 6.07) is 16.4. The van der Waals surface area contributed by atoms with Crippen molar-refractivity contribution in [1.29, 1.82) is 0 Å². The van der Waals surface area contributed by atoms with Gasteiger partial charge in [0.15, 0.2) is 5.16 Å². The molecule has 0 bridgehead atoms. The Hall–Kier alpha value is -2.08. The summed E-state index contributed by atoms with van der Waals surface area (Å²) in [7, 11) is 1.67. The molecule has 0 aliphatic heterocycles. The first kappa shape index (κ1) is 19.2. The van der Waals surface area contributed by atoms with Crippen LogP contribution in [0.3, 0.4) is 0 Å². The average Bonchev–Trinajstić information content (AvgIpc) is 3.04. The summed E-state index contributed by atoms with van der Waals surface area (Å²) in [6.07, 6.45) is 0. The van der Waals surface area contributed by atoms with Crippen LogP contribution in [0.1, 0.15) is 16.0 Å². The molecule has 2 aromatic carbocycles. The summed E-state index contributed by atoms with van der Waals surface area (Å²) in [5, 5.41) is 2.14. The molecular weight excluding hydrogens is 408 g/mol. The second-order valence-corrected chi connectivity index (χ2v) is 8.96. The molecule has 4 aromatic rings. The molecule has 0 atom stereocenters. The fourth-order valence-corrected chi connectivity index (χ4v) is 5.53. The number of thiophene rings is 1. The van der Waals surface area contributed by atoms with Crippen LogP contribution >= 0.6 is 34.7 Å². The Morgan fingerprint density at radius 1 is 1.04 bits per heavy atom. The monoisotopic (exact) mass is 426 g/mol. The lowest BCUT2D eigenvalue weighted by Crippen LogP contribution is -1.91. The molecule has 4 rings (SSSR count). The summed E-state index contributed by atoms with van der Waals surface area (Å²) in [5.74, 6) is 1.66. The lowest BCUT2D eigenvalue weighted by atomic mass is 10.0. The first-order valence-electron chi connectivity index (χ1n) is 8.85. The molecule has 0 fully saturated rings. The third-order valence-corrected chi connectivity index (χ3v) is 6.83. The van der Waals surface area contributed by atoms with Crippen molar-refractivity contribution in [2.45, 2.75) is 24.8 Å². The second-order valence-electron chi connectivity index (χ2n) is 6.45. The van der Waals surface area contributed by atoms with E-state index in [0.717, 1.165) is 32.8 Å². The molecule has 0 saturated heterocycles. The fraction of sp³-hybridized carbons (Fsp3) is 0.182. The SMILES string of the molecule is COc1ccc(-c2c(C)sc3nc(SCc4ccccc4C)nc(Cl)c23)cc1. The van der Waals surface area contributed by atoms with Crippen LogP contribution in [0.25, 0.3) is 21.3 Å². The van der Waals surface area contributed by atoms with E-state index in [9.17, 15) is 0 Å². The van der Waals surface area contributed by atoms with E-state index in [1.165, 1.54) is 16.0 Å². The molecule has 6 heteroatoms. The van der Waals surface area contributed by atoms with Gasteiger partial charge in [0.1, 0.15) is 15.7 Å². The van der Waals surface area contributed by atoms with Crippen molar-refractivity contribution < 1.29 is 4.74 Å². The van der Waals surface area contributed by atoms with Crippen LogP contribution in [0.4, 0.5) is 0 Å². The molecular formula is C22H19ClN2OS2. The third kappa shape index (κ3) is 3.75. The highest BCUT2D eigenvalue weighted by Gasteiger charge is 2.18. The lowest BCUT2D eigenvalue weighted by Gasteiger charge is -2.07. The Morgan fingerprint density at radius 3 is 2.50 bits per heavy atom. The van der Waals surface area contributed by atoms with E-state index >= 15 is 0 Å². The Kier molecular flexibility index (Phi) is 5.58. The predicted octanol–water partition coefficient (Wildman–Crippen LogP) is 6.93. The number of hydrogen-bond acceptors (Lipinski definition) is 5. The van der Waals surface area contributed by atoms with Crippen molar-refractivity contribution in [2.75, 3.05) is 7.11 Å². The zero-order chi connectivity index (χ0) is 19.7. The van der Waals surface area contributed by atoms with Crippen LogP contribution in [-0.4, -0.2) is 17.1 Å². The Labute approximate surface area is 177 Å². The van der Waals surface area contributed by atoms with Gasteiger partial charge in [-0.05, 0) is 42.7 Å².